The van der Waals surface area contributed by atoms with E-state index in [1.807, 2.05) is 0 Å². The average Bonchev–Trinajstić information content (AvgIpc) is 2.94. The van der Waals surface area contributed by atoms with Crippen molar-refractivity contribution in [3.8, 4) is 5.75 Å². The van der Waals surface area contributed by atoms with Gasteiger partial charge in [-0.1, -0.05) is 42.5 Å². The van der Waals surface area contributed by atoms with Crippen LogP contribution in [0.3, 0.4) is 0 Å². The van der Waals surface area contributed by atoms with Crippen LogP contribution in [-0.4, -0.2) is 89.0 Å². The Kier molecular flexibility index (Phi) is 13.2. The first-order valence-electron chi connectivity index (χ1n) is 13.4. The largest absolute Gasteiger partial charge is 0.508 e. The minimum Gasteiger partial charge on any atom is -0.508 e. The van der Waals surface area contributed by atoms with Crippen LogP contribution in [0.2, 0.25) is 0 Å². The molecule has 15 heteroatoms. The first-order valence-corrected chi connectivity index (χ1v) is 13.4. The fourth-order valence-electron chi connectivity index (χ4n) is 4.14. The van der Waals surface area contributed by atoms with Crippen molar-refractivity contribution in [2.75, 3.05) is 20.1 Å². The van der Waals surface area contributed by atoms with Gasteiger partial charge in [-0.15, -0.1) is 0 Å². The number of carbonyl (C=O) groups is 4. The zero-order valence-electron chi connectivity index (χ0n) is 23.8. The second-order valence-corrected chi connectivity index (χ2v) is 9.79. The van der Waals surface area contributed by atoms with E-state index in [4.69, 9.17) is 28.0 Å². The van der Waals surface area contributed by atoms with E-state index in [0.29, 0.717) is 5.56 Å². The van der Waals surface area contributed by atoms with Gasteiger partial charge < -0.3 is 48.7 Å². The summed E-state index contributed by atoms with van der Waals surface area (Å²) in [4.78, 5) is 60.3. The molecule has 2 aromatic carbocycles. The lowest BCUT2D eigenvalue weighted by Gasteiger charge is -2.27. The molecule has 0 bridgehead atoms. The quantitative estimate of drug-likeness (QED) is 0.0623. The molecule has 0 saturated carbocycles. The average molecular weight is 598 g/mol. The molecule has 3 amide bonds. The van der Waals surface area contributed by atoms with Crippen LogP contribution in [0.1, 0.15) is 24.0 Å². The molecule has 0 aliphatic heterocycles. The Morgan fingerprint density at radius 1 is 0.837 bits per heavy atom. The second-order valence-electron chi connectivity index (χ2n) is 9.79. The molecule has 232 valence electrons. The first kappa shape index (κ1) is 33.9. The Morgan fingerprint density at radius 2 is 1.44 bits per heavy atom. The number of rotatable bonds is 16. The molecule has 0 radical (unpaired) electrons. The standard InChI is InChI=1S/C28H39N9O6/c1-37(16-23(39)40)26(43)22(15-17-6-3-2-4-7-17)35-24(41)20(8-5-13-33-27(29)30)34-25(42)21(36-28(31)32)14-18-9-11-19(38)12-10-18/h2-4,6-7,9-12,20-22,38H,5,8,13-16H2,1H3,(H,34,42)(H,35,41)(H,39,40)(H4,29,30,33)(H4,31,32,36)/t20-,21+,22+/m1/s1. The number of benzene rings is 2. The molecule has 2 aromatic rings. The Bertz CT molecular complexity index is 1290. The first-order chi connectivity index (χ1) is 20.3. The van der Waals surface area contributed by atoms with Crippen LogP contribution in [0.4, 0.5) is 0 Å². The molecule has 0 fully saturated rings. The van der Waals surface area contributed by atoms with Crippen LogP contribution >= 0.6 is 0 Å². The zero-order valence-corrected chi connectivity index (χ0v) is 23.8. The molecule has 43 heavy (non-hydrogen) atoms. The number of carbonyl (C=O) groups excluding carboxylic acids is 3. The number of aliphatic imine (C=N–C) groups is 2. The number of aromatic hydroxyl groups is 1. The van der Waals surface area contributed by atoms with Gasteiger partial charge in [-0.25, -0.2) is 4.99 Å². The number of hydrogen-bond donors (Lipinski definition) is 8. The molecule has 0 unspecified atom stereocenters. The highest BCUT2D eigenvalue weighted by atomic mass is 16.4. The number of hydrogen-bond acceptors (Lipinski definition) is 7. The number of nitrogens with two attached hydrogens (primary N) is 4. The van der Waals surface area contributed by atoms with Gasteiger partial charge in [0.2, 0.25) is 17.7 Å². The summed E-state index contributed by atoms with van der Waals surface area (Å²) < 4.78 is 0. The maximum absolute atomic E-state index is 13.6. The topological polar surface area (TPSA) is 265 Å². The van der Waals surface area contributed by atoms with E-state index in [9.17, 15) is 24.3 Å². The van der Waals surface area contributed by atoms with Crippen molar-refractivity contribution in [1.29, 1.82) is 0 Å². The van der Waals surface area contributed by atoms with E-state index in [1.54, 1.807) is 42.5 Å². The Morgan fingerprint density at radius 3 is 2.02 bits per heavy atom. The third-order valence-electron chi connectivity index (χ3n) is 6.20. The predicted octanol–water partition coefficient (Wildman–Crippen LogP) is -1.61. The monoisotopic (exact) mass is 597 g/mol. The summed E-state index contributed by atoms with van der Waals surface area (Å²) in [5.74, 6) is -3.65. The van der Waals surface area contributed by atoms with Gasteiger partial charge in [0.15, 0.2) is 11.9 Å². The van der Waals surface area contributed by atoms with Crippen molar-refractivity contribution in [2.45, 2.75) is 43.8 Å². The molecule has 2 rings (SSSR count). The molecule has 0 aromatic heterocycles. The lowest BCUT2D eigenvalue weighted by Crippen LogP contribution is -2.56. The highest BCUT2D eigenvalue weighted by Gasteiger charge is 2.31. The normalized spacial score (nSPS) is 12.6. The Labute approximate surface area is 249 Å². The number of nitrogens with one attached hydrogen (secondary N) is 2. The lowest BCUT2D eigenvalue weighted by atomic mass is 10.0. The van der Waals surface area contributed by atoms with Crippen LogP contribution in [-0.2, 0) is 32.0 Å². The SMILES string of the molecule is CN(CC(=O)O)C(=O)[C@H](Cc1ccccc1)NC(=O)[C@@H](CCCN=C(N)N)NC(=O)[C@H](Cc1ccc(O)cc1)N=C(N)N. The summed E-state index contributed by atoms with van der Waals surface area (Å²) >= 11 is 0. The maximum atomic E-state index is 13.6. The molecule has 0 heterocycles. The summed E-state index contributed by atoms with van der Waals surface area (Å²) in [6.07, 6.45) is 0.500. The fraction of sp³-hybridized carbons (Fsp3) is 0.357. The number of amides is 3. The molecular weight excluding hydrogens is 558 g/mol. The van der Waals surface area contributed by atoms with E-state index < -0.39 is 48.4 Å². The van der Waals surface area contributed by atoms with Crippen LogP contribution in [0, 0.1) is 0 Å². The predicted molar refractivity (Wildman–Crippen MR) is 161 cm³/mol. The van der Waals surface area contributed by atoms with Gasteiger partial charge in [0.05, 0.1) is 0 Å². The van der Waals surface area contributed by atoms with Crippen molar-refractivity contribution in [3.05, 3.63) is 65.7 Å². The third-order valence-corrected chi connectivity index (χ3v) is 6.20. The number of phenols is 1. The molecule has 0 aliphatic carbocycles. The van der Waals surface area contributed by atoms with Gasteiger partial charge in [0.25, 0.3) is 0 Å². The van der Waals surface area contributed by atoms with Gasteiger partial charge in [0.1, 0.15) is 30.4 Å². The number of phenolic OH excluding ortho intramolecular Hbond substituents is 1. The van der Waals surface area contributed by atoms with Crippen molar-refractivity contribution in [2.24, 2.45) is 32.9 Å². The lowest BCUT2D eigenvalue weighted by molar-refractivity contribution is -0.145. The van der Waals surface area contributed by atoms with Crippen molar-refractivity contribution >= 4 is 35.6 Å². The number of carboxylic acid groups (broad SMARTS) is 1. The molecule has 12 N–H and O–H groups in total. The van der Waals surface area contributed by atoms with Crippen LogP contribution in [0.15, 0.2) is 64.6 Å². The van der Waals surface area contributed by atoms with Crippen LogP contribution in [0.25, 0.3) is 0 Å². The summed E-state index contributed by atoms with van der Waals surface area (Å²) in [5, 5.41) is 24.1. The van der Waals surface area contributed by atoms with Crippen LogP contribution in [0.5, 0.6) is 5.75 Å². The van der Waals surface area contributed by atoms with Gasteiger partial charge in [-0.05, 0) is 36.1 Å². The number of nitrogens with zero attached hydrogens (tertiary/aromatic N) is 3. The van der Waals surface area contributed by atoms with E-state index in [-0.39, 0.29) is 49.9 Å². The Balaban J connectivity index is 2.32. The van der Waals surface area contributed by atoms with E-state index in [1.165, 1.54) is 19.2 Å². The molecule has 15 nitrogen and oxygen atoms in total. The highest BCUT2D eigenvalue weighted by Crippen LogP contribution is 2.14. The second kappa shape index (κ2) is 16.8. The van der Waals surface area contributed by atoms with E-state index in [2.05, 4.69) is 20.6 Å². The minimum absolute atomic E-state index is 0.0395. The zero-order chi connectivity index (χ0) is 31.9. The van der Waals surface area contributed by atoms with Crippen molar-refractivity contribution in [1.82, 2.24) is 15.5 Å². The summed E-state index contributed by atoms with van der Waals surface area (Å²) in [6, 6.07) is 11.5. The fourth-order valence-corrected chi connectivity index (χ4v) is 4.14. The van der Waals surface area contributed by atoms with Gasteiger partial charge >= 0.3 is 5.97 Å². The number of aliphatic carboxylic acids is 1. The third kappa shape index (κ3) is 12.4. The molecule has 0 spiro atoms. The van der Waals surface area contributed by atoms with Gasteiger partial charge in [-0.2, -0.15) is 0 Å². The minimum atomic E-state index is -1.22. The number of guanidine groups is 2. The molecule has 0 saturated heterocycles. The van der Waals surface area contributed by atoms with Gasteiger partial charge in [-0.3, -0.25) is 24.2 Å². The number of likely N-dealkylation sites (N-methyl/N-ethyl adjacent to an activating group) is 1. The van der Waals surface area contributed by atoms with E-state index >= 15 is 0 Å². The highest BCUT2D eigenvalue weighted by molar-refractivity contribution is 5.94. The molecule has 0 aliphatic rings. The van der Waals surface area contributed by atoms with Gasteiger partial charge in [0, 0.05) is 26.4 Å². The Hall–Kier alpha value is -5.34. The maximum Gasteiger partial charge on any atom is 0.323 e. The smallest absolute Gasteiger partial charge is 0.323 e. The van der Waals surface area contributed by atoms with Crippen molar-refractivity contribution < 1.29 is 29.4 Å². The molecular formula is C28H39N9O6. The molecule has 3 atom stereocenters. The summed E-state index contributed by atoms with van der Waals surface area (Å²) in [6.45, 7) is -0.406. The summed E-state index contributed by atoms with van der Waals surface area (Å²) in [5.41, 5.74) is 23.3. The van der Waals surface area contributed by atoms with Crippen molar-refractivity contribution in [3.63, 3.8) is 0 Å². The van der Waals surface area contributed by atoms with E-state index in [0.717, 1.165) is 10.5 Å². The summed E-state index contributed by atoms with van der Waals surface area (Å²) in [7, 11) is 1.32. The van der Waals surface area contributed by atoms with Crippen LogP contribution < -0.4 is 33.6 Å². The number of carboxylic acids is 1.